The van der Waals surface area contributed by atoms with Crippen molar-refractivity contribution in [2.45, 2.75) is 19.8 Å². The molecule has 0 unspecified atom stereocenters. The number of carbonyl (C=O) groups is 1. The lowest BCUT2D eigenvalue weighted by atomic mass is 10.2. The van der Waals surface area contributed by atoms with Gasteiger partial charge in [0.15, 0.2) is 0 Å². The van der Waals surface area contributed by atoms with Crippen LogP contribution in [0.25, 0.3) is 0 Å². The van der Waals surface area contributed by atoms with Crippen molar-refractivity contribution in [2.75, 3.05) is 11.2 Å². The first-order chi connectivity index (χ1) is 8.45. The second-order valence-corrected chi connectivity index (χ2v) is 4.95. The zero-order chi connectivity index (χ0) is 13.7. The highest BCUT2D eigenvalue weighted by Gasteiger charge is 2.15. The lowest BCUT2D eigenvalue weighted by Gasteiger charge is -2.08. The second-order valence-electron chi connectivity index (χ2n) is 3.72. The van der Waals surface area contributed by atoms with Gasteiger partial charge in [-0.2, -0.15) is 0 Å². The molecule has 0 bridgehead atoms. The number of rotatable bonds is 5. The van der Waals surface area contributed by atoms with Crippen LogP contribution in [0.1, 0.15) is 18.4 Å². The van der Waals surface area contributed by atoms with Crippen LogP contribution in [0.3, 0.4) is 0 Å². The third kappa shape index (κ3) is 3.96. The number of benzene rings is 1. The van der Waals surface area contributed by atoms with Gasteiger partial charge in [0.25, 0.3) is 5.69 Å². The number of anilines is 1. The van der Waals surface area contributed by atoms with Crippen LogP contribution in [0.5, 0.6) is 0 Å². The second kappa shape index (κ2) is 6.70. The first-order valence-corrected chi connectivity index (χ1v) is 6.58. The van der Waals surface area contributed by atoms with Crippen molar-refractivity contribution in [2.24, 2.45) is 0 Å². The molecule has 0 atom stereocenters. The first-order valence-electron chi connectivity index (χ1n) is 5.26. The summed E-state index contributed by atoms with van der Waals surface area (Å²) in [6, 6.07) is 2.95. The van der Waals surface area contributed by atoms with E-state index in [1.54, 1.807) is 13.0 Å². The highest BCUT2D eigenvalue weighted by molar-refractivity contribution is 9.10. The summed E-state index contributed by atoms with van der Waals surface area (Å²) < 4.78 is 0.616. The van der Waals surface area contributed by atoms with Crippen molar-refractivity contribution in [3.8, 4) is 0 Å². The van der Waals surface area contributed by atoms with Crippen molar-refractivity contribution < 1.29 is 9.72 Å². The van der Waals surface area contributed by atoms with Crippen molar-refractivity contribution in [1.82, 2.24) is 0 Å². The van der Waals surface area contributed by atoms with Crippen LogP contribution in [0.4, 0.5) is 11.4 Å². The highest BCUT2D eigenvalue weighted by atomic mass is 79.9. The van der Waals surface area contributed by atoms with Crippen LogP contribution in [-0.4, -0.2) is 16.7 Å². The van der Waals surface area contributed by atoms with Gasteiger partial charge in [-0.05, 0) is 35.3 Å². The predicted molar refractivity (Wildman–Crippen MR) is 74.1 cm³/mol. The van der Waals surface area contributed by atoms with E-state index in [2.05, 4.69) is 21.2 Å². The van der Waals surface area contributed by atoms with Crippen LogP contribution < -0.4 is 5.32 Å². The molecule has 98 valence electrons. The summed E-state index contributed by atoms with van der Waals surface area (Å²) in [5.41, 5.74) is 0.906. The third-order valence-electron chi connectivity index (χ3n) is 2.29. The number of nitrogens with zero attached hydrogens (tertiary/aromatic N) is 1. The van der Waals surface area contributed by atoms with Gasteiger partial charge in [-0.3, -0.25) is 14.9 Å². The summed E-state index contributed by atoms with van der Waals surface area (Å²) in [5, 5.41) is 13.4. The molecule has 18 heavy (non-hydrogen) atoms. The number of amides is 1. The van der Waals surface area contributed by atoms with Gasteiger partial charge >= 0.3 is 0 Å². The van der Waals surface area contributed by atoms with E-state index >= 15 is 0 Å². The van der Waals surface area contributed by atoms with E-state index in [9.17, 15) is 14.9 Å². The standard InChI is InChI=1S/C11H12BrClN2O3/c1-7-5-8(12)9(6-10(7)15(17)18)14-11(16)3-2-4-13/h5-6H,2-4H2,1H3,(H,14,16). The first kappa shape index (κ1) is 14.9. The predicted octanol–water partition coefficient (Wildman–Crippen LogP) is 3.62. The van der Waals surface area contributed by atoms with E-state index in [4.69, 9.17) is 11.6 Å². The van der Waals surface area contributed by atoms with E-state index in [-0.39, 0.29) is 18.0 Å². The van der Waals surface area contributed by atoms with Crippen LogP contribution in [-0.2, 0) is 4.79 Å². The molecule has 0 aliphatic heterocycles. The molecule has 0 aromatic heterocycles. The Morgan fingerprint density at radius 3 is 2.78 bits per heavy atom. The van der Waals surface area contributed by atoms with Gasteiger partial charge in [0.2, 0.25) is 5.91 Å². The molecular formula is C11H12BrClN2O3. The number of nitro groups is 1. The molecule has 1 amide bonds. The van der Waals surface area contributed by atoms with Crippen molar-refractivity contribution >= 4 is 44.8 Å². The van der Waals surface area contributed by atoms with Crippen LogP contribution >= 0.6 is 27.5 Å². The number of aryl methyl sites for hydroxylation is 1. The van der Waals surface area contributed by atoms with Crippen molar-refractivity contribution in [3.63, 3.8) is 0 Å². The fraction of sp³-hybridized carbons (Fsp3) is 0.364. The summed E-state index contributed by atoms with van der Waals surface area (Å²) in [6.45, 7) is 1.64. The highest BCUT2D eigenvalue weighted by Crippen LogP contribution is 2.30. The average molecular weight is 336 g/mol. The maximum absolute atomic E-state index is 11.5. The van der Waals surface area contributed by atoms with E-state index in [1.807, 2.05) is 0 Å². The lowest BCUT2D eigenvalue weighted by Crippen LogP contribution is -2.12. The third-order valence-corrected chi connectivity index (χ3v) is 3.22. The zero-order valence-electron chi connectivity index (χ0n) is 9.70. The van der Waals surface area contributed by atoms with Crippen molar-refractivity contribution in [3.05, 3.63) is 32.3 Å². The molecule has 0 fully saturated rings. The largest absolute Gasteiger partial charge is 0.325 e. The fourth-order valence-corrected chi connectivity index (χ4v) is 2.08. The molecule has 0 radical (unpaired) electrons. The van der Waals surface area contributed by atoms with Gasteiger partial charge in [-0.25, -0.2) is 0 Å². The maximum Gasteiger partial charge on any atom is 0.274 e. The Morgan fingerprint density at radius 1 is 1.56 bits per heavy atom. The number of carbonyl (C=O) groups excluding carboxylic acids is 1. The molecule has 1 N–H and O–H groups in total. The number of nitro benzene ring substituents is 1. The number of alkyl halides is 1. The van der Waals surface area contributed by atoms with E-state index in [0.29, 0.717) is 28.0 Å². The Kier molecular flexibility index (Phi) is 5.55. The number of halogens is 2. The number of hydrogen-bond donors (Lipinski definition) is 1. The zero-order valence-corrected chi connectivity index (χ0v) is 12.0. The van der Waals surface area contributed by atoms with Gasteiger partial charge in [0, 0.05) is 28.4 Å². The Balaban J connectivity index is 2.92. The molecule has 1 rings (SSSR count). The fourth-order valence-electron chi connectivity index (χ4n) is 1.39. The van der Waals surface area contributed by atoms with Gasteiger partial charge in [0.05, 0.1) is 10.6 Å². The van der Waals surface area contributed by atoms with E-state index < -0.39 is 4.92 Å². The Morgan fingerprint density at radius 2 is 2.22 bits per heavy atom. The molecule has 0 saturated heterocycles. The minimum atomic E-state index is -0.476. The monoisotopic (exact) mass is 334 g/mol. The van der Waals surface area contributed by atoms with Gasteiger partial charge < -0.3 is 5.32 Å². The summed E-state index contributed by atoms with van der Waals surface area (Å²) in [7, 11) is 0. The molecule has 5 nitrogen and oxygen atoms in total. The average Bonchev–Trinajstić information content (AvgIpc) is 2.29. The molecule has 0 saturated carbocycles. The molecule has 0 aliphatic carbocycles. The van der Waals surface area contributed by atoms with Crippen LogP contribution in [0.2, 0.25) is 0 Å². The topological polar surface area (TPSA) is 72.2 Å². The normalized spacial score (nSPS) is 10.2. The molecule has 0 heterocycles. The SMILES string of the molecule is Cc1cc(Br)c(NC(=O)CCCCl)cc1[N+](=O)[O-]. The molecule has 0 aliphatic rings. The smallest absolute Gasteiger partial charge is 0.274 e. The van der Waals surface area contributed by atoms with Crippen molar-refractivity contribution in [1.29, 1.82) is 0 Å². The van der Waals surface area contributed by atoms with Gasteiger partial charge in [-0.1, -0.05) is 0 Å². The minimum absolute atomic E-state index is 0.0224. The summed E-state index contributed by atoms with van der Waals surface area (Å²) in [4.78, 5) is 21.9. The molecule has 7 heteroatoms. The van der Waals surface area contributed by atoms with Crippen LogP contribution in [0.15, 0.2) is 16.6 Å². The Labute approximate surface area is 118 Å². The Bertz CT molecular complexity index is 480. The maximum atomic E-state index is 11.5. The molecule has 0 spiro atoms. The van der Waals surface area contributed by atoms with Gasteiger partial charge in [-0.15, -0.1) is 11.6 Å². The summed E-state index contributed by atoms with van der Waals surface area (Å²) >= 11 is 8.75. The van der Waals surface area contributed by atoms with Gasteiger partial charge in [0.1, 0.15) is 0 Å². The van der Waals surface area contributed by atoms with E-state index in [1.165, 1.54) is 6.07 Å². The lowest BCUT2D eigenvalue weighted by molar-refractivity contribution is -0.385. The van der Waals surface area contributed by atoms with Crippen LogP contribution in [0, 0.1) is 17.0 Å². The Hall–Kier alpha value is -1.14. The number of nitrogens with one attached hydrogen (secondary N) is 1. The molecular weight excluding hydrogens is 323 g/mol. The minimum Gasteiger partial charge on any atom is -0.325 e. The number of hydrogen-bond acceptors (Lipinski definition) is 3. The summed E-state index contributed by atoms with van der Waals surface area (Å²) in [5.74, 6) is 0.192. The molecule has 1 aromatic rings. The molecule has 1 aromatic carbocycles. The quantitative estimate of drug-likeness (QED) is 0.507. The van der Waals surface area contributed by atoms with E-state index in [0.717, 1.165) is 0 Å². The summed E-state index contributed by atoms with van der Waals surface area (Å²) in [6.07, 6.45) is 0.858.